The van der Waals surface area contributed by atoms with Gasteiger partial charge in [0.05, 0.1) is 13.1 Å². The van der Waals surface area contributed by atoms with Crippen LogP contribution in [-0.2, 0) is 9.59 Å². The van der Waals surface area contributed by atoms with E-state index in [-0.39, 0.29) is 30.1 Å². The van der Waals surface area contributed by atoms with Crippen LogP contribution in [-0.4, -0.2) is 67.4 Å². The Morgan fingerprint density at radius 3 is 2.20 bits per heavy atom. The summed E-state index contributed by atoms with van der Waals surface area (Å²) in [5.41, 5.74) is 1.67. The second-order valence-corrected chi connectivity index (χ2v) is 7.73. The first-order valence-electron chi connectivity index (χ1n) is 10.3. The molecule has 2 N–H and O–H groups in total. The number of nitrogens with one attached hydrogen (secondary N) is 2. The van der Waals surface area contributed by atoms with Crippen LogP contribution < -0.4 is 10.6 Å². The molecule has 30 heavy (non-hydrogen) atoms. The van der Waals surface area contributed by atoms with Crippen molar-refractivity contribution in [3.05, 3.63) is 66.0 Å². The zero-order chi connectivity index (χ0) is 21.3. The molecule has 0 radical (unpaired) electrons. The molecule has 7 heteroatoms. The number of piperazine rings is 1. The number of halogens is 1. The van der Waals surface area contributed by atoms with Crippen LogP contribution in [0, 0.1) is 5.82 Å². The smallest absolute Gasteiger partial charge is 0.238 e. The van der Waals surface area contributed by atoms with Gasteiger partial charge in [0, 0.05) is 38.4 Å². The van der Waals surface area contributed by atoms with Crippen molar-refractivity contribution in [2.75, 3.05) is 51.1 Å². The Kier molecular flexibility index (Phi) is 7.93. The molecule has 2 amide bonds. The molecule has 2 aromatic rings. The zero-order valence-corrected chi connectivity index (χ0v) is 17.3. The Hall–Kier alpha value is -2.77. The number of amides is 2. The van der Waals surface area contributed by atoms with E-state index in [2.05, 4.69) is 34.6 Å². The van der Waals surface area contributed by atoms with Crippen LogP contribution in [0.3, 0.4) is 0 Å². The highest BCUT2D eigenvalue weighted by molar-refractivity contribution is 5.92. The predicted molar refractivity (Wildman–Crippen MR) is 116 cm³/mol. The number of nitrogens with zero attached hydrogens (tertiary/aromatic N) is 2. The molecule has 6 nitrogen and oxygen atoms in total. The van der Waals surface area contributed by atoms with Gasteiger partial charge in [-0.1, -0.05) is 43.3 Å². The minimum atomic E-state index is -0.377. The highest BCUT2D eigenvalue weighted by atomic mass is 19.1. The van der Waals surface area contributed by atoms with Gasteiger partial charge >= 0.3 is 0 Å². The fraction of sp³-hybridized carbons (Fsp3) is 0.391. The Morgan fingerprint density at radius 2 is 1.57 bits per heavy atom. The molecule has 2 aromatic carbocycles. The second kappa shape index (κ2) is 10.8. The lowest BCUT2D eigenvalue weighted by Gasteiger charge is -2.33. The molecule has 160 valence electrons. The lowest BCUT2D eigenvalue weighted by atomic mass is 10.0. The van der Waals surface area contributed by atoms with E-state index in [1.54, 1.807) is 12.1 Å². The van der Waals surface area contributed by atoms with Gasteiger partial charge < -0.3 is 10.6 Å². The Morgan fingerprint density at radius 1 is 0.933 bits per heavy atom. The summed E-state index contributed by atoms with van der Waals surface area (Å²) in [7, 11) is 0. The molecule has 0 saturated carbocycles. The largest absolute Gasteiger partial charge is 0.354 e. The van der Waals surface area contributed by atoms with Gasteiger partial charge in [-0.25, -0.2) is 4.39 Å². The van der Waals surface area contributed by atoms with Gasteiger partial charge in [-0.15, -0.1) is 0 Å². The van der Waals surface area contributed by atoms with Crippen molar-refractivity contribution in [2.45, 2.75) is 12.8 Å². The summed E-state index contributed by atoms with van der Waals surface area (Å²) >= 11 is 0. The third kappa shape index (κ3) is 6.93. The summed E-state index contributed by atoms with van der Waals surface area (Å²) < 4.78 is 13.2. The molecule has 0 bridgehead atoms. The van der Waals surface area contributed by atoms with E-state index in [0.29, 0.717) is 31.9 Å². The van der Waals surface area contributed by atoms with Crippen molar-refractivity contribution in [1.29, 1.82) is 0 Å². The molecule has 1 fully saturated rings. The predicted octanol–water partition coefficient (Wildman–Crippen LogP) is 2.30. The third-order valence-corrected chi connectivity index (χ3v) is 5.28. The summed E-state index contributed by atoms with van der Waals surface area (Å²) in [5, 5.41) is 5.73. The summed E-state index contributed by atoms with van der Waals surface area (Å²) in [6.45, 7) is 6.22. The van der Waals surface area contributed by atoms with Crippen LogP contribution in [0.1, 0.15) is 18.4 Å². The minimum absolute atomic E-state index is 0.0232. The average molecular weight is 413 g/mol. The Bertz CT molecular complexity index is 838. The average Bonchev–Trinajstić information content (AvgIpc) is 2.74. The molecule has 0 unspecified atom stereocenters. The van der Waals surface area contributed by atoms with E-state index in [0.717, 1.165) is 13.1 Å². The number of hydrogen-bond donors (Lipinski definition) is 2. The van der Waals surface area contributed by atoms with E-state index >= 15 is 0 Å². The lowest BCUT2D eigenvalue weighted by Crippen LogP contribution is -2.51. The van der Waals surface area contributed by atoms with E-state index in [1.807, 2.05) is 23.1 Å². The molecule has 0 aromatic heterocycles. The zero-order valence-electron chi connectivity index (χ0n) is 17.3. The molecule has 1 aliphatic heterocycles. The van der Waals surface area contributed by atoms with Crippen molar-refractivity contribution in [3.63, 3.8) is 0 Å². The van der Waals surface area contributed by atoms with Gasteiger partial charge in [-0.3, -0.25) is 19.4 Å². The van der Waals surface area contributed by atoms with Crippen molar-refractivity contribution < 1.29 is 14.0 Å². The maximum Gasteiger partial charge on any atom is 0.238 e. The standard InChI is InChI=1S/C23H29FN4O2/c1-18(19-6-3-2-4-7-19)15-25-22(29)16-27-10-12-28(13-11-27)17-23(30)26-21-9-5-8-20(24)14-21/h2-9,14,18H,10-13,15-17H2,1H3,(H,25,29)(H,26,30)/t18-/m0/s1. The third-order valence-electron chi connectivity index (χ3n) is 5.28. The molecule has 0 aliphatic carbocycles. The van der Waals surface area contributed by atoms with Crippen LogP contribution in [0.5, 0.6) is 0 Å². The van der Waals surface area contributed by atoms with Gasteiger partial charge in [0.2, 0.25) is 11.8 Å². The number of benzene rings is 2. The van der Waals surface area contributed by atoms with E-state index < -0.39 is 0 Å². The number of carbonyl (C=O) groups is 2. The summed E-state index contributed by atoms with van der Waals surface area (Å²) in [4.78, 5) is 28.6. The van der Waals surface area contributed by atoms with Crippen LogP contribution in [0.25, 0.3) is 0 Å². The summed E-state index contributed by atoms with van der Waals surface area (Å²) in [6.07, 6.45) is 0. The highest BCUT2D eigenvalue weighted by Gasteiger charge is 2.21. The highest BCUT2D eigenvalue weighted by Crippen LogP contribution is 2.13. The SMILES string of the molecule is C[C@@H](CNC(=O)CN1CCN(CC(=O)Nc2cccc(F)c2)CC1)c1ccccc1. The number of carbonyl (C=O) groups excluding carboxylic acids is 2. The number of hydrogen-bond acceptors (Lipinski definition) is 4. The van der Waals surface area contributed by atoms with Crippen molar-refractivity contribution in [1.82, 2.24) is 15.1 Å². The van der Waals surface area contributed by atoms with Gasteiger partial charge in [0.15, 0.2) is 0 Å². The second-order valence-electron chi connectivity index (χ2n) is 7.73. The van der Waals surface area contributed by atoms with E-state index in [1.165, 1.54) is 17.7 Å². The minimum Gasteiger partial charge on any atom is -0.354 e. The monoisotopic (exact) mass is 412 g/mol. The summed E-state index contributed by atoms with van der Waals surface area (Å²) in [6, 6.07) is 16.0. The fourth-order valence-corrected chi connectivity index (χ4v) is 3.50. The Labute approximate surface area is 177 Å². The van der Waals surface area contributed by atoms with Crippen LogP contribution in [0.15, 0.2) is 54.6 Å². The molecular weight excluding hydrogens is 383 g/mol. The van der Waals surface area contributed by atoms with E-state index in [4.69, 9.17) is 0 Å². The quantitative estimate of drug-likeness (QED) is 0.698. The van der Waals surface area contributed by atoms with Gasteiger partial charge in [0.25, 0.3) is 0 Å². The fourth-order valence-electron chi connectivity index (χ4n) is 3.50. The maximum absolute atomic E-state index is 13.2. The van der Waals surface area contributed by atoms with Crippen molar-refractivity contribution in [3.8, 4) is 0 Å². The first-order chi connectivity index (χ1) is 14.5. The Balaban J connectivity index is 1.34. The first-order valence-corrected chi connectivity index (χ1v) is 10.3. The number of anilines is 1. The molecule has 1 heterocycles. The van der Waals surface area contributed by atoms with Crippen LogP contribution in [0.2, 0.25) is 0 Å². The molecule has 1 aliphatic rings. The van der Waals surface area contributed by atoms with Crippen LogP contribution >= 0.6 is 0 Å². The van der Waals surface area contributed by atoms with Gasteiger partial charge in [0.1, 0.15) is 5.82 Å². The topological polar surface area (TPSA) is 64.7 Å². The molecule has 1 atom stereocenters. The lowest BCUT2D eigenvalue weighted by molar-refractivity contribution is -0.123. The summed E-state index contributed by atoms with van der Waals surface area (Å²) in [5.74, 6) is -0.252. The molecular formula is C23H29FN4O2. The molecule has 3 rings (SSSR count). The van der Waals surface area contributed by atoms with Crippen molar-refractivity contribution in [2.24, 2.45) is 0 Å². The first kappa shape index (κ1) is 21.9. The van der Waals surface area contributed by atoms with E-state index in [9.17, 15) is 14.0 Å². The van der Waals surface area contributed by atoms with Crippen molar-refractivity contribution >= 4 is 17.5 Å². The maximum atomic E-state index is 13.2. The normalized spacial score (nSPS) is 16.1. The van der Waals surface area contributed by atoms with Gasteiger partial charge in [-0.2, -0.15) is 0 Å². The number of rotatable bonds is 8. The van der Waals surface area contributed by atoms with Crippen LogP contribution in [0.4, 0.5) is 10.1 Å². The molecule has 0 spiro atoms. The van der Waals surface area contributed by atoms with Gasteiger partial charge in [-0.05, 0) is 29.7 Å². The molecule has 1 saturated heterocycles.